The average Bonchev–Trinajstić information content (AvgIpc) is 3.49. The molecule has 1 aliphatic heterocycles. The van der Waals surface area contributed by atoms with Crippen LogP contribution in [0, 0.1) is 6.92 Å². The third kappa shape index (κ3) is 7.48. The Morgan fingerprint density at radius 1 is 1.31 bits per heavy atom. The van der Waals surface area contributed by atoms with Crippen LogP contribution in [0.3, 0.4) is 0 Å². The topological polar surface area (TPSA) is 188 Å². The standard InChI is InChI=1S/C21H26N6O6S3/c1-11-18(36-26-25-11)21(33)23-12-4-5-27(16(28)9-34-10-17(29)30)15(7-12)20(32)24-14(19(22)31)8-13-3-2-6-35-13/h2-3,6,12,14-15H,4-5,7-10H2,1H3,(H2,22,31)(H,23,33)(H,24,32)(H,29,30)/p-1/t12-,14-,15-/m0/s1. The highest BCUT2D eigenvalue weighted by Gasteiger charge is 2.38. The number of likely N-dealkylation sites (tertiary alicyclic amines) is 1. The Labute approximate surface area is 219 Å². The van der Waals surface area contributed by atoms with Crippen LogP contribution in [0.5, 0.6) is 0 Å². The van der Waals surface area contributed by atoms with Gasteiger partial charge in [-0.3, -0.25) is 19.2 Å². The van der Waals surface area contributed by atoms with Gasteiger partial charge in [0, 0.05) is 29.6 Å². The second-order valence-corrected chi connectivity index (χ2v) is 10.9. The predicted octanol–water partition coefficient (Wildman–Crippen LogP) is -1.31. The van der Waals surface area contributed by atoms with Gasteiger partial charge in [-0.25, -0.2) is 0 Å². The lowest BCUT2D eigenvalue weighted by molar-refractivity contribution is -0.301. The minimum Gasteiger partial charge on any atom is -0.549 e. The average molecular weight is 554 g/mol. The molecular formula is C21H25N6O6S3-. The lowest BCUT2D eigenvalue weighted by Gasteiger charge is -2.39. The second-order valence-electron chi connectivity index (χ2n) is 8.10. The van der Waals surface area contributed by atoms with Crippen molar-refractivity contribution in [2.24, 2.45) is 5.73 Å². The number of primary amides is 1. The summed E-state index contributed by atoms with van der Waals surface area (Å²) in [4.78, 5) is 64.1. The Morgan fingerprint density at radius 2 is 2.08 bits per heavy atom. The van der Waals surface area contributed by atoms with E-state index in [-0.39, 0.29) is 36.8 Å². The van der Waals surface area contributed by atoms with Crippen molar-refractivity contribution in [3.63, 3.8) is 0 Å². The van der Waals surface area contributed by atoms with Crippen LogP contribution in [0.15, 0.2) is 17.5 Å². The number of aryl methyl sites for hydroxylation is 1. The van der Waals surface area contributed by atoms with Crippen LogP contribution < -0.4 is 21.5 Å². The molecule has 1 aliphatic rings. The molecule has 0 bridgehead atoms. The maximum absolute atomic E-state index is 13.3. The highest BCUT2D eigenvalue weighted by Crippen LogP contribution is 2.21. The number of nitrogens with zero attached hydrogens (tertiary/aromatic N) is 3. The lowest BCUT2D eigenvalue weighted by Crippen LogP contribution is -2.60. The number of carbonyl (C=O) groups is 5. The van der Waals surface area contributed by atoms with E-state index in [1.807, 2.05) is 17.5 Å². The molecule has 1 fully saturated rings. The van der Waals surface area contributed by atoms with Crippen molar-refractivity contribution in [2.45, 2.75) is 44.3 Å². The van der Waals surface area contributed by atoms with Crippen molar-refractivity contribution < 1.29 is 29.1 Å². The quantitative estimate of drug-likeness (QED) is 0.304. The Balaban J connectivity index is 1.73. The first kappa shape index (κ1) is 27.5. The molecule has 0 saturated carbocycles. The van der Waals surface area contributed by atoms with E-state index in [4.69, 9.17) is 5.73 Å². The van der Waals surface area contributed by atoms with Crippen LogP contribution in [0.1, 0.15) is 33.1 Å². The summed E-state index contributed by atoms with van der Waals surface area (Å²) in [5.74, 6) is -3.91. The Morgan fingerprint density at radius 3 is 2.69 bits per heavy atom. The van der Waals surface area contributed by atoms with E-state index in [0.717, 1.165) is 28.2 Å². The number of rotatable bonds is 11. The van der Waals surface area contributed by atoms with Crippen molar-refractivity contribution in [3.8, 4) is 0 Å². The first-order valence-corrected chi connectivity index (χ1v) is 13.8. The summed E-state index contributed by atoms with van der Waals surface area (Å²) in [5, 5.41) is 21.9. The smallest absolute Gasteiger partial charge is 0.265 e. The fourth-order valence-corrected chi connectivity index (χ4v) is 5.68. The van der Waals surface area contributed by atoms with E-state index in [9.17, 15) is 29.1 Å². The number of hydrogen-bond donors (Lipinski definition) is 3. The molecule has 12 nitrogen and oxygen atoms in total. The van der Waals surface area contributed by atoms with Crippen molar-refractivity contribution in [1.82, 2.24) is 25.1 Å². The van der Waals surface area contributed by atoms with Crippen molar-refractivity contribution in [1.29, 1.82) is 0 Å². The number of nitrogens with one attached hydrogen (secondary N) is 2. The van der Waals surface area contributed by atoms with Crippen molar-refractivity contribution in [2.75, 3.05) is 18.1 Å². The number of thiophene rings is 1. The number of aromatic nitrogens is 2. The van der Waals surface area contributed by atoms with Gasteiger partial charge in [0.05, 0.1) is 17.4 Å². The summed E-state index contributed by atoms with van der Waals surface area (Å²) in [6, 6.07) is 1.23. The highest BCUT2D eigenvalue weighted by atomic mass is 32.2. The molecule has 0 aliphatic carbocycles. The summed E-state index contributed by atoms with van der Waals surface area (Å²) in [6.07, 6.45) is 0.690. The molecule has 2 aromatic heterocycles. The molecule has 3 rings (SSSR count). The largest absolute Gasteiger partial charge is 0.549 e. The zero-order valence-corrected chi connectivity index (χ0v) is 21.7. The number of piperidine rings is 1. The Kier molecular flexibility index (Phi) is 9.78. The first-order valence-electron chi connectivity index (χ1n) is 10.9. The molecule has 15 heteroatoms. The maximum Gasteiger partial charge on any atom is 0.265 e. The van der Waals surface area contributed by atoms with Gasteiger partial charge in [0.25, 0.3) is 5.91 Å². The third-order valence-corrected chi connectivity index (χ3v) is 8.13. The monoisotopic (exact) mass is 553 g/mol. The van der Waals surface area contributed by atoms with Crippen LogP contribution in [0.4, 0.5) is 0 Å². The molecule has 36 heavy (non-hydrogen) atoms. The summed E-state index contributed by atoms with van der Waals surface area (Å²) >= 11 is 3.25. The molecule has 3 atom stereocenters. The molecule has 0 unspecified atom stereocenters. The summed E-state index contributed by atoms with van der Waals surface area (Å²) in [6.45, 7) is 1.82. The highest BCUT2D eigenvalue weighted by molar-refractivity contribution is 8.00. The van der Waals surface area contributed by atoms with E-state index in [1.54, 1.807) is 6.92 Å². The zero-order chi connectivity index (χ0) is 26.2. The van der Waals surface area contributed by atoms with Gasteiger partial charge in [-0.2, -0.15) is 0 Å². The molecule has 0 spiro atoms. The molecular weight excluding hydrogens is 528 g/mol. The van der Waals surface area contributed by atoms with E-state index < -0.39 is 41.8 Å². The number of aliphatic carboxylic acids is 1. The molecule has 1 saturated heterocycles. The molecule has 4 amide bonds. The van der Waals surface area contributed by atoms with E-state index in [1.165, 1.54) is 16.2 Å². The fourth-order valence-electron chi connectivity index (χ4n) is 3.76. The van der Waals surface area contributed by atoms with E-state index in [0.29, 0.717) is 17.0 Å². The minimum atomic E-state index is -1.30. The molecule has 2 aromatic rings. The summed E-state index contributed by atoms with van der Waals surface area (Å²) in [7, 11) is 0. The van der Waals surface area contributed by atoms with E-state index >= 15 is 0 Å². The van der Waals surface area contributed by atoms with Crippen LogP contribution in [-0.4, -0.2) is 80.3 Å². The number of carbonyl (C=O) groups excluding carboxylic acids is 5. The molecule has 4 N–H and O–H groups in total. The van der Waals surface area contributed by atoms with Gasteiger partial charge in [0.15, 0.2) is 0 Å². The molecule has 0 radical (unpaired) electrons. The number of nitrogens with two attached hydrogens (primary N) is 1. The Hall–Kier alpha value is -3.04. The predicted molar refractivity (Wildman–Crippen MR) is 132 cm³/mol. The van der Waals surface area contributed by atoms with Crippen molar-refractivity contribution >= 4 is 64.2 Å². The summed E-state index contributed by atoms with van der Waals surface area (Å²) in [5.41, 5.74) is 6.01. The number of carboxylic acids is 1. The van der Waals surface area contributed by atoms with Gasteiger partial charge < -0.3 is 31.2 Å². The normalized spacial score (nSPS) is 18.3. The molecule has 3 heterocycles. The molecule has 194 valence electrons. The van der Waals surface area contributed by atoms with Crippen LogP contribution >= 0.6 is 34.6 Å². The second kappa shape index (κ2) is 12.8. The lowest BCUT2D eigenvalue weighted by atomic mass is 9.95. The van der Waals surface area contributed by atoms with Crippen LogP contribution in [0.2, 0.25) is 0 Å². The Bertz CT molecular complexity index is 1110. The van der Waals surface area contributed by atoms with Crippen LogP contribution in [0.25, 0.3) is 0 Å². The maximum atomic E-state index is 13.3. The van der Waals surface area contributed by atoms with Gasteiger partial charge in [-0.05, 0) is 42.7 Å². The zero-order valence-electron chi connectivity index (χ0n) is 19.3. The van der Waals surface area contributed by atoms with Gasteiger partial charge in [0.1, 0.15) is 17.0 Å². The van der Waals surface area contributed by atoms with Crippen molar-refractivity contribution in [3.05, 3.63) is 33.0 Å². The number of hydrogen-bond acceptors (Lipinski definition) is 11. The number of carboxylic acid groups (broad SMARTS) is 1. The number of thioether (sulfide) groups is 1. The fraction of sp³-hybridized carbons (Fsp3) is 0.476. The SMILES string of the molecule is Cc1nnsc1C(=O)N[C@H]1CCN(C(=O)CSCC(=O)[O-])[C@H](C(=O)N[C@@H](Cc2cccs2)C(N)=O)C1. The molecule has 0 aromatic carbocycles. The number of amides is 4. The third-order valence-electron chi connectivity index (χ3n) is 5.51. The summed E-state index contributed by atoms with van der Waals surface area (Å²) < 4.78 is 3.76. The van der Waals surface area contributed by atoms with E-state index in [2.05, 4.69) is 20.2 Å². The van der Waals surface area contributed by atoms with Gasteiger partial charge in [-0.15, -0.1) is 28.2 Å². The van der Waals surface area contributed by atoms with Gasteiger partial charge in [-0.1, -0.05) is 10.6 Å². The first-order chi connectivity index (χ1) is 17.2. The van der Waals surface area contributed by atoms with Crippen LogP contribution in [-0.2, 0) is 25.6 Å². The van der Waals surface area contributed by atoms with Gasteiger partial charge in [0.2, 0.25) is 17.7 Å². The minimum absolute atomic E-state index is 0.101. The van der Waals surface area contributed by atoms with Gasteiger partial charge >= 0.3 is 0 Å².